The third kappa shape index (κ3) is 1.08. The van der Waals surface area contributed by atoms with E-state index in [2.05, 4.69) is 38.9 Å². The van der Waals surface area contributed by atoms with Crippen LogP contribution in [0.1, 0.15) is 36.6 Å². The van der Waals surface area contributed by atoms with Gasteiger partial charge < -0.3 is 4.98 Å². The molecule has 0 bridgehead atoms. The highest BCUT2D eigenvalue weighted by Crippen LogP contribution is 2.21. The smallest absolute Gasteiger partial charge is 0.0153 e. The zero-order valence-corrected chi connectivity index (χ0v) is 7.15. The third-order valence-corrected chi connectivity index (χ3v) is 1.91. The van der Waals surface area contributed by atoms with Crippen molar-refractivity contribution in [2.45, 2.75) is 33.6 Å². The standard InChI is InChI=1S/C9H15N/c1-6(2)9-7(3)5-10-8(9)4/h5-6,10H,1-4H3. The fourth-order valence-electron chi connectivity index (χ4n) is 1.56. The van der Waals surface area contributed by atoms with E-state index in [1.54, 1.807) is 0 Å². The van der Waals surface area contributed by atoms with Crippen molar-refractivity contribution in [1.82, 2.24) is 4.98 Å². The summed E-state index contributed by atoms with van der Waals surface area (Å²) in [5.41, 5.74) is 4.17. The van der Waals surface area contributed by atoms with E-state index in [1.165, 1.54) is 16.8 Å². The van der Waals surface area contributed by atoms with Crippen LogP contribution in [0.2, 0.25) is 0 Å². The van der Waals surface area contributed by atoms with E-state index in [9.17, 15) is 0 Å². The predicted molar refractivity (Wildman–Crippen MR) is 44.4 cm³/mol. The zero-order valence-electron chi connectivity index (χ0n) is 7.15. The van der Waals surface area contributed by atoms with Crippen LogP contribution in [0.4, 0.5) is 0 Å². The van der Waals surface area contributed by atoms with Gasteiger partial charge in [0.05, 0.1) is 0 Å². The van der Waals surface area contributed by atoms with Crippen molar-refractivity contribution in [2.75, 3.05) is 0 Å². The van der Waals surface area contributed by atoms with Crippen LogP contribution in [0.3, 0.4) is 0 Å². The molecule has 0 aliphatic carbocycles. The Morgan fingerprint density at radius 2 is 1.90 bits per heavy atom. The Labute approximate surface area is 62.5 Å². The van der Waals surface area contributed by atoms with Crippen molar-refractivity contribution in [3.63, 3.8) is 0 Å². The van der Waals surface area contributed by atoms with Gasteiger partial charge in [-0.15, -0.1) is 0 Å². The summed E-state index contributed by atoms with van der Waals surface area (Å²) in [6.45, 7) is 8.73. The van der Waals surface area contributed by atoms with Gasteiger partial charge in [0.1, 0.15) is 0 Å². The molecule has 1 rings (SSSR count). The number of H-pyrrole nitrogens is 1. The third-order valence-electron chi connectivity index (χ3n) is 1.91. The highest BCUT2D eigenvalue weighted by atomic mass is 14.7. The first kappa shape index (κ1) is 7.39. The minimum atomic E-state index is 0.645. The Hall–Kier alpha value is -0.720. The van der Waals surface area contributed by atoms with Crippen LogP contribution >= 0.6 is 0 Å². The number of hydrogen-bond donors (Lipinski definition) is 1. The minimum Gasteiger partial charge on any atom is -0.365 e. The second-order valence-corrected chi connectivity index (χ2v) is 3.17. The highest BCUT2D eigenvalue weighted by Gasteiger charge is 2.06. The van der Waals surface area contributed by atoms with Crippen LogP contribution in [0.25, 0.3) is 0 Å². The largest absolute Gasteiger partial charge is 0.365 e. The normalized spacial score (nSPS) is 10.9. The van der Waals surface area contributed by atoms with Gasteiger partial charge in [-0.25, -0.2) is 0 Å². The fraction of sp³-hybridized carbons (Fsp3) is 0.556. The van der Waals surface area contributed by atoms with Gasteiger partial charge >= 0.3 is 0 Å². The monoisotopic (exact) mass is 137 g/mol. The van der Waals surface area contributed by atoms with E-state index in [0.29, 0.717) is 5.92 Å². The molecule has 0 fully saturated rings. The Bertz CT molecular complexity index is 201. The van der Waals surface area contributed by atoms with Gasteiger partial charge in [-0.05, 0) is 30.9 Å². The zero-order chi connectivity index (χ0) is 7.72. The average molecular weight is 137 g/mol. The van der Waals surface area contributed by atoms with Gasteiger partial charge in [0.2, 0.25) is 0 Å². The molecule has 1 nitrogen and oxygen atoms in total. The van der Waals surface area contributed by atoms with Gasteiger partial charge in [0, 0.05) is 11.9 Å². The Morgan fingerprint density at radius 3 is 2.10 bits per heavy atom. The summed E-state index contributed by atoms with van der Waals surface area (Å²) in [5, 5.41) is 0. The van der Waals surface area contributed by atoms with Crippen molar-refractivity contribution in [1.29, 1.82) is 0 Å². The lowest BCUT2D eigenvalue weighted by molar-refractivity contribution is 0.849. The van der Waals surface area contributed by atoms with Gasteiger partial charge in [0.15, 0.2) is 0 Å². The van der Waals surface area contributed by atoms with Crippen LogP contribution in [0.15, 0.2) is 6.20 Å². The molecular formula is C9H15N. The molecule has 0 spiro atoms. The number of hydrogen-bond acceptors (Lipinski definition) is 0. The van der Waals surface area contributed by atoms with Crippen LogP contribution in [-0.2, 0) is 0 Å². The predicted octanol–water partition coefficient (Wildman–Crippen LogP) is 2.75. The van der Waals surface area contributed by atoms with Crippen LogP contribution < -0.4 is 0 Å². The molecule has 0 unspecified atom stereocenters. The Kier molecular flexibility index (Phi) is 1.84. The lowest BCUT2D eigenvalue weighted by atomic mass is 10.0. The maximum atomic E-state index is 3.22. The van der Waals surface area contributed by atoms with Crippen LogP contribution in [0, 0.1) is 13.8 Å². The van der Waals surface area contributed by atoms with Crippen LogP contribution in [0.5, 0.6) is 0 Å². The van der Waals surface area contributed by atoms with Crippen LogP contribution in [-0.4, -0.2) is 4.98 Å². The highest BCUT2D eigenvalue weighted by molar-refractivity contribution is 5.31. The van der Waals surface area contributed by atoms with Crippen molar-refractivity contribution in [2.24, 2.45) is 0 Å². The number of aromatic nitrogens is 1. The molecular weight excluding hydrogens is 122 g/mol. The summed E-state index contributed by atoms with van der Waals surface area (Å²) in [7, 11) is 0. The molecule has 1 heteroatoms. The quantitative estimate of drug-likeness (QED) is 0.612. The van der Waals surface area contributed by atoms with E-state index >= 15 is 0 Å². The molecule has 0 saturated carbocycles. The second-order valence-electron chi connectivity index (χ2n) is 3.17. The molecule has 0 saturated heterocycles. The van der Waals surface area contributed by atoms with E-state index in [1.807, 2.05) is 0 Å². The summed E-state index contributed by atoms with van der Waals surface area (Å²) < 4.78 is 0. The van der Waals surface area contributed by atoms with Gasteiger partial charge in [-0.1, -0.05) is 13.8 Å². The molecule has 56 valence electrons. The summed E-state index contributed by atoms with van der Waals surface area (Å²) >= 11 is 0. The topological polar surface area (TPSA) is 15.8 Å². The van der Waals surface area contributed by atoms with E-state index in [4.69, 9.17) is 0 Å². The first-order valence-corrected chi connectivity index (χ1v) is 3.77. The van der Waals surface area contributed by atoms with E-state index in [0.717, 1.165) is 0 Å². The lowest BCUT2D eigenvalue weighted by Gasteiger charge is -2.04. The molecule has 1 aromatic heterocycles. The first-order chi connectivity index (χ1) is 4.63. The summed E-state index contributed by atoms with van der Waals surface area (Å²) in [6.07, 6.45) is 2.07. The molecule has 0 aliphatic heterocycles. The molecule has 0 atom stereocenters. The maximum absolute atomic E-state index is 3.22. The first-order valence-electron chi connectivity index (χ1n) is 3.77. The molecule has 1 aromatic rings. The lowest BCUT2D eigenvalue weighted by Crippen LogP contribution is -1.89. The number of aromatic amines is 1. The van der Waals surface area contributed by atoms with E-state index in [-0.39, 0.29) is 0 Å². The van der Waals surface area contributed by atoms with Gasteiger partial charge in [-0.3, -0.25) is 0 Å². The molecule has 1 heterocycles. The van der Waals surface area contributed by atoms with Crippen molar-refractivity contribution in [3.8, 4) is 0 Å². The molecule has 0 amide bonds. The summed E-state index contributed by atoms with van der Waals surface area (Å²) in [6, 6.07) is 0. The van der Waals surface area contributed by atoms with Crippen molar-refractivity contribution >= 4 is 0 Å². The number of nitrogens with one attached hydrogen (secondary N) is 1. The molecule has 0 radical (unpaired) electrons. The number of rotatable bonds is 1. The molecule has 0 aliphatic rings. The Morgan fingerprint density at radius 1 is 1.30 bits per heavy atom. The molecule has 0 aromatic carbocycles. The molecule has 10 heavy (non-hydrogen) atoms. The van der Waals surface area contributed by atoms with Gasteiger partial charge in [0.25, 0.3) is 0 Å². The molecule has 1 N–H and O–H groups in total. The summed E-state index contributed by atoms with van der Waals surface area (Å²) in [5.74, 6) is 0.645. The second kappa shape index (κ2) is 2.49. The SMILES string of the molecule is Cc1c[nH]c(C)c1C(C)C. The van der Waals surface area contributed by atoms with Gasteiger partial charge in [-0.2, -0.15) is 0 Å². The summed E-state index contributed by atoms with van der Waals surface area (Å²) in [4.78, 5) is 3.22. The average Bonchev–Trinajstić information content (AvgIpc) is 2.11. The fourth-order valence-corrected chi connectivity index (χ4v) is 1.56. The number of aryl methyl sites for hydroxylation is 2. The maximum Gasteiger partial charge on any atom is 0.0153 e. The van der Waals surface area contributed by atoms with Crippen molar-refractivity contribution in [3.05, 3.63) is 23.0 Å². The Balaban J connectivity index is 3.10. The van der Waals surface area contributed by atoms with E-state index < -0.39 is 0 Å². The van der Waals surface area contributed by atoms with Crippen molar-refractivity contribution < 1.29 is 0 Å². The minimum absolute atomic E-state index is 0.645.